The molecule has 0 spiro atoms. The molecule has 39 heavy (non-hydrogen) atoms. The second-order valence-corrected chi connectivity index (χ2v) is 8.56. The lowest BCUT2D eigenvalue weighted by molar-refractivity contribution is -0.137. The molecule has 0 aliphatic heterocycles. The molecule has 0 fully saturated rings. The normalized spacial score (nSPS) is 11.2. The molecule has 4 aromatic rings. The van der Waals surface area contributed by atoms with Crippen LogP contribution in [0.5, 0.6) is 5.88 Å². The van der Waals surface area contributed by atoms with Crippen LogP contribution in [0.1, 0.15) is 40.1 Å². The van der Waals surface area contributed by atoms with Crippen LogP contribution in [-0.2, 0) is 19.2 Å². The Morgan fingerprint density at radius 2 is 1.62 bits per heavy atom. The van der Waals surface area contributed by atoms with Crippen molar-refractivity contribution in [3.8, 4) is 40.6 Å². The van der Waals surface area contributed by atoms with Gasteiger partial charge in [-0.15, -0.1) is 0 Å². The van der Waals surface area contributed by atoms with Gasteiger partial charge in [0.15, 0.2) is 0 Å². The van der Waals surface area contributed by atoms with E-state index >= 15 is 0 Å². The largest absolute Gasteiger partial charge is 0.470 e. The third-order valence-corrected chi connectivity index (χ3v) is 5.98. The molecule has 0 aliphatic rings. The first-order valence-electron chi connectivity index (χ1n) is 11.8. The zero-order valence-corrected chi connectivity index (χ0v) is 20.7. The van der Waals surface area contributed by atoms with E-state index in [-0.39, 0.29) is 47.5 Å². The lowest BCUT2D eigenvalue weighted by Crippen LogP contribution is -2.07. The van der Waals surface area contributed by atoms with Crippen molar-refractivity contribution in [3.05, 3.63) is 82.2 Å². The van der Waals surface area contributed by atoms with Gasteiger partial charge >= 0.3 is 6.18 Å². The van der Waals surface area contributed by atoms with Gasteiger partial charge in [-0.05, 0) is 55.2 Å². The molecule has 4 rings (SSSR count). The molecule has 2 aromatic heterocycles. The Kier molecular flexibility index (Phi) is 7.84. The van der Waals surface area contributed by atoms with Gasteiger partial charge in [-0.1, -0.05) is 24.3 Å². The van der Waals surface area contributed by atoms with Crippen molar-refractivity contribution in [1.82, 2.24) is 9.97 Å². The quantitative estimate of drug-likeness (QED) is 0.300. The molecule has 11 heteroatoms. The van der Waals surface area contributed by atoms with Gasteiger partial charge in [-0.3, -0.25) is 0 Å². The lowest BCUT2D eigenvalue weighted by Gasteiger charge is -2.14. The molecular weight excluding hydrogens is 511 g/mol. The Hall–Kier alpha value is -4.87. The van der Waals surface area contributed by atoms with E-state index in [1.807, 2.05) is 24.3 Å². The van der Waals surface area contributed by atoms with E-state index in [0.29, 0.717) is 35.4 Å². The molecule has 0 saturated carbocycles. The molecule has 2 aromatic carbocycles. The number of benzene rings is 2. The molecule has 0 saturated heterocycles. The highest BCUT2D eigenvalue weighted by Gasteiger charge is 2.30. The molecule has 2 heterocycles. The fourth-order valence-electron chi connectivity index (χ4n) is 3.94. The summed E-state index contributed by atoms with van der Waals surface area (Å²) in [4.78, 5) is 8.45. The number of halogens is 3. The van der Waals surface area contributed by atoms with Gasteiger partial charge in [0.05, 0.1) is 5.56 Å². The summed E-state index contributed by atoms with van der Waals surface area (Å²) in [6.07, 6.45) is -3.18. The number of rotatable bonds is 8. The number of oxazole rings is 1. The van der Waals surface area contributed by atoms with Crippen LogP contribution < -0.4 is 10.5 Å². The zero-order valence-electron chi connectivity index (χ0n) is 20.7. The summed E-state index contributed by atoms with van der Waals surface area (Å²) in [6, 6.07) is 15.6. The van der Waals surface area contributed by atoms with Gasteiger partial charge in [0.1, 0.15) is 47.1 Å². The summed E-state index contributed by atoms with van der Waals surface area (Å²) in [6.45, 7) is 1.51. The van der Waals surface area contributed by atoms with E-state index in [0.717, 1.165) is 17.7 Å². The van der Waals surface area contributed by atoms with Gasteiger partial charge in [-0.2, -0.15) is 28.7 Å². The van der Waals surface area contributed by atoms with E-state index in [1.165, 1.54) is 12.1 Å². The number of aryl methyl sites for hydroxylation is 2. The molecule has 0 bridgehead atoms. The maximum absolute atomic E-state index is 12.9. The molecule has 0 unspecified atom stereocenters. The van der Waals surface area contributed by atoms with Crippen LogP contribution in [0.4, 0.5) is 19.0 Å². The minimum atomic E-state index is -4.46. The number of hydrogen-bond acceptors (Lipinski definition) is 8. The molecule has 198 valence electrons. The van der Waals surface area contributed by atoms with Gasteiger partial charge in [0.25, 0.3) is 0 Å². The standard InChI is InChI=1S/C28H22F3N5O3/c1-16-23(35-26(39-16)19-8-10-20(11-9-19)28(29,30)31)15-38-27-22(14-33)24(21(13-32)25(34)36-27)18-6-4-17(5-7-18)3-2-12-37/h4-11,37H,2-3,12,15H2,1H3,(H2,34,36). The first-order valence-corrected chi connectivity index (χ1v) is 11.8. The Morgan fingerprint density at radius 3 is 2.21 bits per heavy atom. The first kappa shape index (κ1) is 27.2. The van der Waals surface area contributed by atoms with Gasteiger partial charge in [-0.25, -0.2) is 4.98 Å². The topological polar surface area (TPSA) is 142 Å². The molecule has 8 nitrogen and oxygen atoms in total. The average molecular weight is 534 g/mol. The molecule has 0 amide bonds. The molecule has 0 atom stereocenters. The van der Waals surface area contributed by atoms with Crippen molar-refractivity contribution in [2.24, 2.45) is 0 Å². The van der Waals surface area contributed by atoms with Crippen LogP contribution in [0.15, 0.2) is 52.9 Å². The highest BCUT2D eigenvalue weighted by Crippen LogP contribution is 2.36. The number of nitrogens with two attached hydrogens (primary N) is 1. The summed E-state index contributed by atoms with van der Waals surface area (Å²) in [5.74, 6) is 0.248. The van der Waals surface area contributed by atoms with Gasteiger partial charge in [0.2, 0.25) is 11.8 Å². The maximum Gasteiger partial charge on any atom is 0.416 e. The smallest absolute Gasteiger partial charge is 0.416 e. The van der Waals surface area contributed by atoms with E-state index < -0.39 is 11.7 Å². The Balaban J connectivity index is 1.63. The highest BCUT2D eigenvalue weighted by molar-refractivity contribution is 5.82. The predicted molar refractivity (Wildman–Crippen MR) is 135 cm³/mol. The number of aliphatic hydroxyl groups is 1. The van der Waals surface area contributed by atoms with Crippen molar-refractivity contribution in [1.29, 1.82) is 10.5 Å². The molecular formula is C28H22F3N5O3. The number of alkyl halides is 3. The first-order chi connectivity index (χ1) is 18.7. The number of hydrogen-bond donors (Lipinski definition) is 2. The number of nitriles is 2. The van der Waals surface area contributed by atoms with Crippen LogP contribution in [0.25, 0.3) is 22.6 Å². The fraction of sp³-hybridized carbons (Fsp3) is 0.214. The van der Waals surface area contributed by atoms with E-state index in [1.54, 1.807) is 19.1 Å². The molecule has 0 radical (unpaired) electrons. The van der Waals surface area contributed by atoms with Crippen LogP contribution >= 0.6 is 0 Å². The summed E-state index contributed by atoms with van der Waals surface area (Å²) >= 11 is 0. The second kappa shape index (κ2) is 11.3. The lowest BCUT2D eigenvalue weighted by atomic mass is 9.95. The van der Waals surface area contributed by atoms with Crippen molar-refractivity contribution >= 4 is 5.82 Å². The predicted octanol–water partition coefficient (Wildman–Crippen LogP) is 5.56. The monoisotopic (exact) mass is 533 g/mol. The van der Waals surface area contributed by atoms with Gasteiger partial charge in [0, 0.05) is 17.7 Å². The third-order valence-electron chi connectivity index (χ3n) is 5.98. The second-order valence-electron chi connectivity index (χ2n) is 8.56. The number of ether oxygens (including phenoxy) is 1. The Bertz CT molecular complexity index is 1570. The summed E-state index contributed by atoms with van der Waals surface area (Å²) in [7, 11) is 0. The Morgan fingerprint density at radius 1 is 0.974 bits per heavy atom. The highest BCUT2D eigenvalue weighted by atomic mass is 19.4. The third kappa shape index (κ3) is 5.84. The summed E-state index contributed by atoms with van der Waals surface area (Å²) in [5, 5.41) is 28.7. The van der Waals surface area contributed by atoms with Crippen molar-refractivity contribution in [2.45, 2.75) is 32.5 Å². The minimum absolute atomic E-state index is 0.00738. The van der Waals surface area contributed by atoms with E-state index in [9.17, 15) is 23.7 Å². The number of anilines is 1. The van der Waals surface area contributed by atoms with Crippen LogP contribution in [0.3, 0.4) is 0 Å². The number of nitrogen functional groups attached to an aromatic ring is 1. The Labute approximate surface area is 221 Å². The van der Waals surface area contributed by atoms with Crippen molar-refractivity contribution < 1.29 is 27.4 Å². The summed E-state index contributed by atoms with van der Waals surface area (Å²) in [5.41, 5.74) is 7.81. The summed E-state index contributed by atoms with van der Waals surface area (Å²) < 4.78 is 50.0. The maximum atomic E-state index is 12.9. The van der Waals surface area contributed by atoms with Crippen molar-refractivity contribution in [3.63, 3.8) is 0 Å². The number of nitrogens with zero attached hydrogens (tertiary/aromatic N) is 4. The minimum Gasteiger partial charge on any atom is -0.470 e. The van der Waals surface area contributed by atoms with Crippen LogP contribution in [-0.4, -0.2) is 21.7 Å². The molecule has 3 N–H and O–H groups in total. The van der Waals surface area contributed by atoms with Gasteiger partial charge < -0.3 is 20.0 Å². The van der Waals surface area contributed by atoms with E-state index in [4.69, 9.17) is 20.0 Å². The number of pyridine rings is 1. The number of aliphatic hydroxyl groups excluding tert-OH is 1. The number of aromatic nitrogens is 2. The zero-order chi connectivity index (χ0) is 28.2. The SMILES string of the molecule is Cc1oc(-c2ccc(C(F)(F)F)cc2)nc1COc1nc(N)c(C#N)c(-c2ccc(CCCO)cc2)c1C#N. The fourth-order valence-corrected chi connectivity index (χ4v) is 3.94. The van der Waals surface area contributed by atoms with Crippen LogP contribution in [0.2, 0.25) is 0 Å². The van der Waals surface area contributed by atoms with Crippen molar-refractivity contribution in [2.75, 3.05) is 12.3 Å². The van der Waals surface area contributed by atoms with Crippen LogP contribution in [0, 0.1) is 29.6 Å². The van der Waals surface area contributed by atoms with E-state index in [2.05, 4.69) is 9.97 Å². The molecule has 0 aliphatic carbocycles. The average Bonchev–Trinajstić information content (AvgIpc) is 3.30.